The first-order chi connectivity index (χ1) is 34.5. The van der Waals surface area contributed by atoms with Gasteiger partial charge < -0.3 is 59.9 Å². The van der Waals surface area contributed by atoms with Gasteiger partial charge in [0, 0.05) is 67.6 Å². The van der Waals surface area contributed by atoms with Gasteiger partial charge in [0.15, 0.2) is 11.5 Å². The van der Waals surface area contributed by atoms with Gasteiger partial charge in [-0.2, -0.15) is 0 Å². The fourth-order valence-corrected chi connectivity index (χ4v) is 16.6. The molecule has 1 aromatic heterocycles. The number of hydrogen-bond acceptors (Lipinski definition) is 11. The van der Waals surface area contributed by atoms with Crippen LogP contribution in [0.2, 0.25) is 0 Å². The van der Waals surface area contributed by atoms with Crippen LogP contribution in [0.3, 0.4) is 0 Å². The Balaban J connectivity index is 0.960. The zero-order valence-electron chi connectivity index (χ0n) is 42.3. The molecule has 5 aliphatic carbocycles. The van der Waals surface area contributed by atoms with Gasteiger partial charge >= 0.3 is 0 Å². The summed E-state index contributed by atoms with van der Waals surface area (Å²) >= 11 is 0. The van der Waals surface area contributed by atoms with Crippen LogP contribution >= 0.6 is 0 Å². The maximum atomic E-state index is 13.0. The van der Waals surface area contributed by atoms with Gasteiger partial charge in [-0.15, -0.1) is 0 Å². The van der Waals surface area contributed by atoms with Gasteiger partial charge in [0.2, 0.25) is 5.75 Å². The molecule has 4 heterocycles. The molecular weight excluding hydrogens is 897 g/mol. The number of H-pyrrole nitrogens is 1. The third-order valence-corrected chi connectivity index (χ3v) is 19.9. The number of phenols is 2. The lowest BCUT2D eigenvalue weighted by atomic mass is 9.48. The third kappa shape index (κ3) is 9.48. The van der Waals surface area contributed by atoms with Gasteiger partial charge in [0.05, 0.1) is 50.3 Å². The number of nitrogens with one attached hydrogen (secondary N) is 2. The number of ether oxygens (including phenoxy) is 4. The van der Waals surface area contributed by atoms with Gasteiger partial charge in [-0.05, 0) is 185 Å². The maximum absolute atomic E-state index is 13.0. The Morgan fingerprint density at radius 2 is 1.73 bits per heavy atom. The molecule has 2 saturated heterocycles. The zero-order valence-corrected chi connectivity index (χ0v) is 42.3. The average molecular weight is 979 g/mol. The number of rotatable bonds is 10. The van der Waals surface area contributed by atoms with Gasteiger partial charge in [-0.3, -0.25) is 0 Å². The normalized spacial score (nSPS) is 36.6. The van der Waals surface area contributed by atoms with E-state index in [1.165, 1.54) is 36.7 Å². The van der Waals surface area contributed by atoms with Crippen molar-refractivity contribution in [1.82, 2.24) is 10.3 Å². The Kier molecular flexibility index (Phi) is 14.4. The second-order valence-electron chi connectivity index (χ2n) is 23.7. The molecule has 388 valence electrons. The number of phenolic OH excluding ortho intramolecular Hbond substituents is 1. The molecule has 2 bridgehead atoms. The highest BCUT2D eigenvalue weighted by Gasteiger charge is 2.58. The predicted molar refractivity (Wildman–Crippen MR) is 271 cm³/mol. The molecule has 4 saturated carbocycles. The molecule has 12 nitrogen and oxygen atoms in total. The van der Waals surface area contributed by atoms with Gasteiger partial charge in [0.1, 0.15) is 5.75 Å². The molecule has 0 unspecified atom stereocenters. The van der Waals surface area contributed by atoms with Crippen molar-refractivity contribution >= 4 is 0 Å². The van der Waals surface area contributed by atoms with E-state index >= 15 is 0 Å². The Bertz CT molecular complexity index is 2360. The van der Waals surface area contributed by atoms with E-state index in [9.17, 15) is 30.6 Å². The summed E-state index contributed by atoms with van der Waals surface area (Å²) in [5.74, 6) is 1.49. The van der Waals surface area contributed by atoms with E-state index in [4.69, 9.17) is 18.9 Å². The molecule has 1 spiro atoms. The number of benzene rings is 2. The van der Waals surface area contributed by atoms with E-state index in [0.717, 1.165) is 108 Å². The van der Waals surface area contributed by atoms with Crippen LogP contribution in [-0.4, -0.2) is 98.6 Å². The minimum Gasteiger partial charge on any atom is -0.504 e. The predicted octanol–water partition coefficient (Wildman–Crippen LogP) is 9.52. The molecular formula is C59H82N2O10. The van der Waals surface area contributed by atoms with Crippen molar-refractivity contribution in [3.63, 3.8) is 0 Å². The summed E-state index contributed by atoms with van der Waals surface area (Å²) < 4.78 is 25.7. The summed E-state index contributed by atoms with van der Waals surface area (Å²) in [4.78, 5) is 3.10. The van der Waals surface area contributed by atoms with E-state index in [2.05, 4.69) is 41.5 Å². The van der Waals surface area contributed by atoms with Crippen molar-refractivity contribution in [2.45, 2.75) is 196 Å². The zero-order chi connectivity index (χ0) is 49.0. The number of aromatic nitrogens is 1. The van der Waals surface area contributed by atoms with E-state index in [1.807, 2.05) is 18.5 Å². The van der Waals surface area contributed by atoms with Crippen LogP contribution < -0.4 is 14.8 Å². The van der Waals surface area contributed by atoms with E-state index in [-0.39, 0.29) is 58.8 Å². The first-order valence-electron chi connectivity index (χ1n) is 27.9. The standard InChI is InChI=1S/C59H82N2O10/c1-3-69-22-16-40-9-6-38-26-42-39(27-46(38)61-40)31-58(17-4-5-18-58)54-47(63)13-20-59(67)19-12-34(30-59)15-23-70-49-11-8-36(25-43(49)53(42)54)37-7-10-41-48(64)29-51(71-50(41)28-37)52-44(24-35-14-21-60-32-35)57(68-2)56(66)55(65)45(52)33-62/h8,11,14,21,25-26,32,34,37,39-42,46-48,50-51,53-54,60-67H,3-7,9-10,12-13,15-20,22-24,27-31,33H2,1-2H3/t34-,37+,39-,40-,41-,42-,46-,47-,48+,50+,51+,53-,54-,59-/m1/s1. The number of aliphatic hydroxyl groups is 4. The number of fused-ring (bicyclic) bond motifs is 10. The molecule has 8 N–H and O–H groups in total. The number of piperidine rings is 1. The fraction of sp³-hybridized carbons (Fsp3) is 0.695. The molecule has 3 aromatic rings. The number of aromatic hydroxyl groups is 2. The molecule has 11 rings (SSSR count). The summed E-state index contributed by atoms with van der Waals surface area (Å²) in [7, 11) is 1.46. The first kappa shape index (κ1) is 49.6. The fourth-order valence-electron chi connectivity index (χ4n) is 16.6. The van der Waals surface area contributed by atoms with Crippen LogP contribution in [-0.2, 0) is 22.5 Å². The van der Waals surface area contributed by atoms with Crippen LogP contribution in [0.25, 0.3) is 0 Å². The minimum absolute atomic E-state index is 0.00573. The molecule has 0 amide bonds. The second-order valence-corrected chi connectivity index (χ2v) is 23.7. The van der Waals surface area contributed by atoms with Gasteiger partial charge in [0.25, 0.3) is 0 Å². The highest BCUT2D eigenvalue weighted by Crippen LogP contribution is 2.65. The number of allylic oxidation sites excluding steroid dienone is 1. The number of aliphatic hydroxyl groups excluding tert-OH is 3. The molecule has 12 heteroatoms. The molecule has 14 atom stereocenters. The van der Waals surface area contributed by atoms with E-state index in [0.29, 0.717) is 67.3 Å². The Hall–Kier alpha value is -3.62. The lowest BCUT2D eigenvalue weighted by Gasteiger charge is -2.57. The monoisotopic (exact) mass is 979 g/mol. The summed E-state index contributed by atoms with van der Waals surface area (Å²) in [5, 5.41) is 74.3. The molecule has 0 radical (unpaired) electrons. The Morgan fingerprint density at radius 1 is 0.887 bits per heavy atom. The topological polar surface area (TPSA) is 186 Å². The summed E-state index contributed by atoms with van der Waals surface area (Å²) in [6.07, 6.45) is 22.1. The quantitative estimate of drug-likeness (QED) is 0.0550. The summed E-state index contributed by atoms with van der Waals surface area (Å²) in [6, 6.07) is 9.76. The highest BCUT2D eigenvalue weighted by molar-refractivity contribution is 5.64. The summed E-state index contributed by atoms with van der Waals surface area (Å²) in [5.41, 5.74) is 5.58. The molecule has 3 aliphatic heterocycles. The summed E-state index contributed by atoms with van der Waals surface area (Å²) in [6.45, 7) is 3.69. The number of aromatic amines is 1. The third-order valence-electron chi connectivity index (χ3n) is 19.9. The smallest absolute Gasteiger partial charge is 0.201 e. The Morgan fingerprint density at radius 3 is 2.52 bits per heavy atom. The maximum Gasteiger partial charge on any atom is 0.201 e. The van der Waals surface area contributed by atoms with Crippen molar-refractivity contribution in [3.05, 3.63) is 81.7 Å². The van der Waals surface area contributed by atoms with Gasteiger partial charge in [-0.25, -0.2) is 0 Å². The lowest BCUT2D eigenvalue weighted by molar-refractivity contribution is -0.154. The minimum atomic E-state index is -0.729. The van der Waals surface area contributed by atoms with E-state index < -0.39 is 42.0 Å². The average Bonchev–Trinajstić information content (AvgIpc) is 4.16. The van der Waals surface area contributed by atoms with Crippen LogP contribution in [0.4, 0.5) is 0 Å². The van der Waals surface area contributed by atoms with Crippen molar-refractivity contribution in [3.8, 4) is 23.0 Å². The first-order valence-corrected chi connectivity index (χ1v) is 27.9. The van der Waals surface area contributed by atoms with Gasteiger partial charge in [-0.1, -0.05) is 36.6 Å². The van der Waals surface area contributed by atoms with Crippen molar-refractivity contribution in [1.29, 1.82) is 0 Å². The largest absolute Gasteiger partial charge is 0.504 e. The van der Waals surface area contributed by atoms with Crippen molar-refractivity contribution in [2.75, 3.05) is 26.9 Å². The molecule has 2 aromatic carbocycles. The van der Waals surface area contributed by atoms with Crippen LogP contribution in [0.1, 0.15) is 180 Å². The van der Waals surface area contributed by atoms with E-state index in [1.54, 1.807) is 0 Å². The molecule has 8 aliphatic rings. The second kappa shape index (κ2) is 20.6. The molecule has 71 heavy (non-hydrogen) atoms. The van der Waals surface area contributed by atoms with Crippen LogP contribution in [0, 0.1) is 35.0 Å². The van der Waals surface area contributed by atoms with Crippen molar-refractivity contribution < 1.29 is 49.6 Å². The highest BCUT2D eigenvalue weighted by atomic mass is 16.5. The lowest BCUT2D eigenvalue weighted by Crippen LogP contribution is -2.54. The Labute approximate surface area is 420 Å². The van der Waals surface area contributed by atoms with Crippen LogP contribution in [0.5, 0.6) is 23.0 Å². The van der Waals surface area contributed by atoms with Crippen LogP contribution in [0.15, 0.2) is 48.3 Å². The number of methoxy groups -OCH3 is 1. The molecule has 6 fully saturated rings. The van der Waals surface area contributed by atoms with Crippen molar-refractivity contribution in [2.24, 2.45) is 35.0 Å². The number of hydrogen-bond donors (Lipinski definition) is 8. The SMILES string of the molecule is CCOCC[C@H]1CCC2=C[C@@H]3[C@H](C[C@H]2N1)CC1(CCCC1)[C@H]1[C@H]3c2cc([C@H]3CC[C@H]4[C@H](C3)O[C@H](c3c(CO)c(O)c(O)c(OC)c3Cc3cc[nH]c3)C[C@@H]4O)ccc2OCC[C@H]2CC[C@@](O)(CC[C@H]1O)C2.